The van der Waals surface area contributed by atoms with E-state index in [4.69, 9.17) is 0 Å². The zero-order valence-corrected chi connectivity index (χ0v) is 8.89. The van der Waals surface area contributed by atoms with Crippen LogP contribution in [0.15, 0.2) is 4.99 Å². The number of hydrogen-bond donors (Lipinski definition) is 1. The molecule has 0 aromatic rings. The van der Waals surface area contributed by atoms with Crippen molar-refractivity contribution in [1.82, 2.24) is 4.72 Å². The lowest BCUT2D eigenvalue weighted by Crippen LogP contribution is -2.28. The molecule has 5 heteroatoms. The maximum Gasteiger partial charge on any atom is 0.230 e. The average molecular weight is 204 g/mol. The van der Waals surface area contributed by atoms with E-state index in [-0.39, 0.29) is 0 Å². The third-order valence-corrected chi connectivity index (χ3v) is 2.63. The number of aliphatic imine (C=N–C) groups is 1. The van der Waals surface area contributed by atoms with Gasteiger partial charge in [-0.2, -0.15) is 0 Å². The number of rotatable bonds is 3. The Morgan fingerprint density at radius 3 is 2.85 bits per heavy atom. The van der Waals surface area contributed by atoms with Crippen molar-refractivity contribution in [3.8, 4) is 0 Å². The fraction of sp³-hybridized carbons (Fsp3) is 0.875. The van der Waals surface area contributed by atoms with Crippen molar-refractivity contribution in [2.75, 3.05) is 12.8 Å². The van der Waals surface area contributed by atoms with Gasteiger partial charge in [-0.05, 0) is 12.3 Å². The molecule has 1 atom stereocenters. The van der Waals surface area contributed by atoms with Crippen molar-refractivity contribution in [3.63, 3.8) is 0 Å². The first kappa shape index (κ1) is 10.5. The molecule has 0 fully saturated rings. The molecule has 1 heterocycles. The van der Waals surface area contributed by atoms with Crippen molar-refractivity contribution in [3.05, 3.63) is 0 Å². The van der Waals surface area contributed by atoms with E-state index < -0.39 is 10.0 Å². The Bertz CT molecular complexity index is 295. The Balaban J connectivity index is 2.41. The zero-order chi connectivity index (χ0) is 9.90. The summed E-state index contributed by atoms with van der Waals surface area (Å²) in [5, 5.41) is 0. The molecule has 0 saturated heterocycles. The summed E-state index contributed by atoms with van der Waals surface area (Å²) in [6.45, 7) is 2.90. The van der Waals surface area contributed by atoms with Gasteiger partial charge in [-0.15, -0.1) is 0 Å². The Labute approximate surface area is 79.5 Å². The van der Waals surface area contributed by atoms with Crippen molar-refractivity contribution in [1.29, 1.82) is 0 Å². The predicted molar refractivity (Wildman–Crippen MR) is 53.3 cm³/mol. The number of sulfonamides is 1. The maximum absolute atomic E-state index is 10.9. The van der Waals surface area contributed by atoms with Gasteiger partial charge in [0.1, 0.15) is 5.84 Å². The van der Waals surface area contributed by atoms with Crippen LogP contribution in [-0.4, -0.2) is 27.1 Å². The van der Waals surface area contributed by atoms with Gasteiger partial charge < -0.3 is 0 Å². The number of hydrogen-bond acceptors (Lipinski definition) is 3. The first-order valence-electron chi connectivity index (χ1n) is 4.52. The molecule has 0 aromatic carbocycles. The Morgan fingerprint density at radius 2 is 2.31 bits per heavy atom. The Hall–Kier alpha value is -0.580. The standard InChI is InChI=1S/C8H16N2O2S/c1-3-4-7-5-8(9-6-7)10-13(2,11)12/h7H,3-6H2,1-2H3,(H,9,10). The SMILES string of the molecule is CCCC1CN=C(NS(C)(=O)=O)C1. The maximum atomic E-state index is 10.9. The molecule has 1 unspecified atom stereocenters. The third-order valence-electron chi connectivity index (χ3n) is 2.02. The second-order valence-electron chi connectivity index (χ2n) is 3.52. The van der Waals surface area contributed by atoms with Crippen LogP contribution in [-0.2, 0) is 10.0 Å². The van der Waals surface area contributed by atoms with Gasteiger partial charge in [0.25, 0.3) is 0 Å². The van der Waals surface area contributed by atoms with E-state index in [1.807, 2.05) is 0 Å². The second-order valence-corrected chi connectivity index (χ2v) is 5.27. The van der Waals surface area contributed by atoms with Crippen LogP contribution >= 0.6 is 0 Å². The summed E-state index contributed by atoms with van der Waals surface area (Å²) in [4.78, 5) is 4.15. The van der Waals surface area contributed by atoms with Crippen molar-refractivity contribution >= 4 is 15.9 Å². The molecule has 0 spiro atoms. The van der Waals surface area contributed by atoms with Gasteiger partial charge in [-0.1, -0.05) is 13.3 Å². The first-order valence-corrected chi connectivity index (χ1v) is 6.41. The summed E-state index contributed by atoms with van der Waals surface area (Å²) in [7, 11) is -3.13. The van der Waals surface area contributed by atoms with Gasteiger partial charge in [-0.25, -0.2) is 8.42 Å². The monoisotopic (exact) mass is 204 g/mol. The largest absolute Gasteiger partial charge is 0.271 e. The molecule has 0 radical (unpaired) electrons. The van der Waals surface area contributed by atoms with Gasteiger partial charge in [0.2, 0.25) is 10.0 Å². The number of amidine groups is 1. The van der Waals surface area contributed by atoms with Gasteiger partial charge >= 0.3 is 0 Å². The molecule has 0 bridgehead atoms. The molecular weight excluding hydrogens is 188 g/mol. The van der Waals surface area contributed by atoms with Crippen molar-refractivity contribution in [2.24, 2.45) is 10.9 Å². The van der Waals surface area contributed by atoms with Gasteiger partial charge in [0.05, 0.1) is 6.26 Å². The van der Waals surface area contributed by atoms with E-state index in [0.717, 1.165) is 32.1 Å². The highest BCUT2D eigenvalue weighted by Gasteiger charge is 2.19. The van der Waals surface area contributed by atoms with Crippen LogP contribution in [0.1, 0.15) is 26.2 Å². The minimum atomic E-state index is -3.13. The molecule has 76 valence electrons. The summed E-state index contributed by atoms with van der Waals surface area (Å²) in [6.07, 6.45) is 4.19. The van der Waals surface area contributed by atoms with E-state index in [2.05, 4.69) is 16.6 Å². The summed E-state index contributed by atoms with van der Waals surface area (Å²) in [6, 6.07) is 0. The van der Waals surface area contributed by atoms with Gasteiger partial charge in [0.15, 0.2) is 0 Å². The predicted octanol–water partition coefficient (Wildman–Crippen LogP) is 0.754. The number of nitrogens with zero attached hydrogens (tertiary/aromatic N) is 1. The van der Waals surface area contributed by atoms with Crippen molar-refractivity contribution < 1.29 is 8.42 Å². The topological polar surface area (TPSA) is 58.5 Å². The molecule has 4 nitrogen and oxygen atoms in total. The van der Waals surface area contributed by atoms with Crippen LogP contribution < -0.4 is 4.72 Å². The highest BCUT2D eigenvalue weighted by molar-refractivity contribution is 7.89. The molecule has 13 heavy (non-hydrogen) atoms. The molecular formula is C8H16N2O2S. The third kappa shape index (κ3) is 3.76. The lowest BCUT2D eigenvalue weighted by Gasteiger charge is -2.06. The summed E-state index contributed by atoms with van der Waals surface area (Å²) >= 11 is 0. The molecule has 1 rings (SSSR count). The fourth-order valence-electron chi connectivity index (χ4n) is 1.53. The highest BCUT2D eigenvalue weighted by Crippen LogP contribution is 2.17. The molecule has 0 saturated carbocycles. The van der Waals surface area contributed by atoms with Crippen LogP contribution in [0, 0.1) is 5.92 Å². The molecule has 0 amide bonds. The van der Waals surface area contributed by atoms with Crippen LogP contribution in [0.3, 0.4) is 0 Å². The van der Waals surface area contributed by atoms with Gasteiger partial charge in [0, 0.05) is 13.0 Å². The minimum absolute atomic E-state index is 0.536. The van der Waals surface area contributed by atoms with E-state index >= 15 is 0 Å². The quantitative estimate of drug-likeness (QED) is 0.737. The Morgan fingerprint density at radius 1 is 1.62 bits per heavy atom. The lowest BCUT2D eigenvalue weighted by atomic mass is 10.0. The summed E-state index contributed by atoms with van der Waals surface area (Å²) in [5.41, 5.74) is 0. The van der Waals surface area contributed by atoms with Gasteiger partial charge in [-0.3, -0.25) is 9.71 Å². The summed E-state index contributed by atoms with van der Waals surface area (Å²) < 4.78 is 24.1. The molecule has 1 aliphatic heterocycles. The van der Waals surface area contributed by atoms with E-state index in [1.165, 1.54) is 0 Å². The van der Waals surface area contributed by atoms with E-state index in [1.54, 1.807) is 0 Å². The van der Waals surface area contributed by atoms with Crippen LogP contribution in [0.4, 0.5) is 0 Å². The normalized spacial score (nSPS) is 22.9. The molecule has 1 N–H and O–H groups in total. The highest BCUT2D eigenvalue weighted by atomic mass is 32.2. The van der Waals surface area contributed by atoms with Crippen molar-refractivity contribution in [2.45, 2.75) is 26.2 Å². The molecule has 1 aliphatic rings. The van der Waals surface area contributed by atoms with E-state index in [0.29, 0.717) is 11.8 Å². The number of nitrogens with one attached hydrogen (secondary N) is 1. The van der Waals surface area contributed by atoms with Crippen LogP contribution in [0.25, 0.3) is 0 Å². The van der Waals surface area contributed by atoms with Crippen LogP contribution in [0.2, 0.25) is 0 Å². The fourth-order valence-corrected chi connectivity index (χ4v) is 2.11. The smallest absolute Gasteiger partial charge is 0.230 e. The average Bonchev–Trinajstić information content (AvgIpc) is 2.33. The molecule has 0 aromatic heterocycles. The minimum Gasteiger partial charge on any atom is -0.271 e. The summed E-state index contributed by atoms with van der Waals surface area (Å²) in [5.74, 6) is 1.16. The molecule has 0 aliphatic carbocycles. The second kappa shape index (κ2) is 4.09. The zero-order valence-electron chi connectivity index (χ0n) is 8.08. The van der Waals surface area contributed by atoms with Crippen LogP contribution in [0.5, 0.6) is 0 Å². The lowest BCUT2D eigenvalue weighted by molar-refractivity contribution is 0.532. The van der Waals surface area contributed by atoms with E-state index in [9.17, 15) is 8.42 Å². The first-order chi connectivity index (χ1) is 6.01. The Kier molecular flexibility index (Phi) is 3.30.